The first kappa shape index (κ1) is 12.2. The van der Waals surface area contributed by atoms with Crippen LogP contribution in [0.2, 0.25) is 0 Å². The first-order chi connectivity index (χ1) is 7.67. The molecule has 0 aliphatic rings. The normalized spacial score (nSPS) is 9.62. The molecule has 5 heteroatoms. The number of hydrogen-bond acceptors (Lipinski definition) is 4. The molecule has 0 aliphatic carbocycles. The van der Waals surface area contributed by atoms with Crippen LogP contribution < -0.4 is 15.8 Å². The number of ether oxygens (including phenoxy) is 2. The summed E-state index contributed by atoms with van der Waals surface area (Å²) in [6.45, 7) is 2.49. The third-order valence-corrected chi connectivity index (χ3v) is 2.01. The number of hydrogen-bond donors (Lipinski definition) is 2. The fourth-order valence-electron chi connectivity index (χ4n) is 1.25. The molecule has 0 heterocycles. The summed E-state index contributed by atoms with van der Waals surface area (Å²) in [7, 11) is 1.56. The summed E-state index contributed by atoms with van der Waals surface area (Å²) >= 11 is 0. The Bertz CT molecular complexity index is 366. The molecule has 0 aromatic heterocycles. The number of alkyl carbamates (subject to hydrolysis) is 1. The highest BCUT2D eigenvalue weighted by Crippen LogP contribution is 2.21. The molecule has 0 spiro atoms. The SMILES string of the molecule is CCOC(=O)NCc1ccc(OC)c(N)c1. The molecule has 3 N–H and O–H groups in total. The van der Waals surface area contributed by atoms with Gasteiger partial charge in [0.15, 0.2) is 0 Å². The maximum atomic E-state index is 11.0. The number of amides is 1. The van der Waals surface area contributed by atoms with E-state index in [1.54, 1.807) is 26.2 Å². The predicted octanol–water partition coefficient (Wildman–Crippen LogP) is 1.52. The molecule has 16 heavy (non-hydrogen) atoms. The highest BCUT2D eigenvalue weighted by molar-refractivity contribution is 5.67. The van der Waals surface area contributed by atoms with E-state index in [9.17, 15) is 4.79 Å². The molecule has 88 valence electrons. The van der Waals surface area contributed by atoms with Gasteiger partial charge in [0.2, 0.25) is 0 Å². The maximum Gasteiger partial charge on any atom is 0.407 e. The summed E-state index contributed by atoms with van der Waals surface area (Å²) in [5.41, 5.74) is 7.17. The number of nitrogens with one attached hydrogen (secondary N) is 1. The zero-order chi connectivity index (χ0) is 12.0. The van der Waals surface area contributed by atoms with Gasteiger partial charge in [0, 0.05) is 6.54 Å². The molecule has 1 aromatic rings. The van der Waals surface area contributed by atoms with E-state index in [0.717, 1.165) is 5.56 Å². The van der Waals surface area contributed by atoms with E-state index in [0.29, 0.717) is 24.6 Å². The highest BCUT2D eigenvalue weighted by atomic mass is 16.5. The number of methoxy groups -OCH3 is 1. The molecular formula is C11H16N2O3. The van der Waals surface area contributed by atoms with E-state index in [2.05, 4.69) is 5.32 Å². The predicted molar refractivity (Wildman–Crippen MR) is 61.3 cm³/mol. The Morgan fingerprint density at radius 2 is 2.25 bits per heavy atom. The quantitative estimate of drug-likeness (QED) is 0.760. The van der Waals surface area contributed by atoms with Crippen LogP contribution in [-0.2, 0) is 11.3 Å². The molecule has 0 saturated heterocycles. The van der Waals surface area contributed by atoms with Crippen LogP contribution >= 0.6 is 0 Å². The second-order valence-electron chi connectivity index (χ2n) is 3.15. The first-order valence-corrected chi connectivity index (χ1v) is 5.00. The lowest BCUT2D eigenvalue weighted by molar-refractivity contribution is 0.151. The molecule has 1 aromatic carbocycles. The molecule has 0 unspecified atom stereocenters. The van der Waals surface area contributed by atoms with Crippen LogP contribution in [0.25, 0.3) is 0 Å². The van der Waals surface area contributed by atoms with Gasteiger partial charge in [-0.15, -0.1) is 0 Å². The van der Waals surface area contributed by atoms with Gasteiger partial charge in [0.1, 0.15) is 5.75 Å². The number of carbonyl (C=O) groups is 1. The highest BCUT2D eigenvalue weighted by Gasteiger charge is 2.03. The number of rotatable bonds is 4. The number of anilines is 1. The van der Waals surface area contributed by atoms with Crippen molar-refractivity contribution >= 4 is 11.8 Å². The average Bonchev–Trinajstić information content (AvgIpc) is 2.27. The first-order valence-electron chi connectivity index (χ1n) is 5.00. The van der Waals surface area contributed by atoms with Crippen LogP contribution in [0.5, 0.6) is 5.75 Å². The van der Waals surface area contributed by atoms with Crippen molar-refractivity contribution in [1.29, 1.82) is 0 Å². The summed E-state index contributed by atoms with van der Waals surface area (Å²) < 4.78 is 9.76. The number of benzene rings is 1. The lowest BCUT2D eigenvalue weighted by Crippen LogP contribution is -2.23. The van der Waals surface area contributed by atoms with Crippen molar-refractivity contribution < 1.29 is 14.3 Å². The van der Waals surface area contributed by atoms with E-state index in [1.165, 1.54) is 0 Å². The molecule has 0 saturated carbocycles. The molecule has 0 radical (unpaired) electrons. The fourth-order valence-corrected chi connectivity index (χ4v) is 1.25. The lowest BCUT2D eigenvalue weighted by atomic mass is 10.2. The Kier molecular flexibility index (Phi) is 4.44. The summed E-state index contributed by atoms with van der Waals surface area (Å²) in [6, 6.07) is 5.35. The van der Waals surface area contributed by atoms with Crippen LogP contribution in [0.1, 0.15) is 12.5 Å². The van der Waals surface area contributed by atoms with E-state index >= 15 is 0 Å². The van der Waals surface area contributed by atoms with Crippen LogP contribution in [0.3, 0.4) is 0 Å². The van der Waals surface area contributed by atoms with Crippen molar-refractivity contribution in [2.24, 2.45) is 0 Å². The Morgan fingerprint density at radius 3 is 2.81 bits per heavy atom. The minimum atomic E-state index is -0.433. The van der Waals surface area contributed by atoms with Crippen LogP contribution in [0.4, 0.5) is 10.5 Å². The van der Waals surface area contributed by atoms with Crippen molar-refractivity contribution in [2.75, 3.05) is 19.5 Å². The Balaban J connectivity index is 2.55. The van der Waals surface area contributed by atoms with Crippen molar-refractivity contribution in [2.45, 2.75) is 13.5 Å². The van der Waals surface area contributed by atoms with Gasteiger partial charge in [-0.25, -0.2) is 4.79 Å². The molecule has 1 amide bonds. The fraction of sp³-hybridized carbons (Fsp3) is 0.364. The average molecular weight is 224 g/mol. The largest absolute Gasteiger partial charge is 0.495 e. The van der Waals surface area contributed by atoms with E-state index in [1.807, 2.05) is 6.07 Å². The Hall–Kier alpha value is -1.91. The molecule has 0 aliphatic heterocycles. The van der Waals surface area contributed by atoms with E-state index < -0.39 is 6.09 Å². The maximum absolute atomic E-state index is 11.0. The van der Waals surface area contributed by atoms with Crippen molar-refractivity contribution in [3.05, 3.63) is 23.8 Å². The van der Waals surface area contributed by atoms with E-state index in [-0.39, 0.29) is 0 Å². The second kappa shape index (κ2) is 5.85. The minimum Gasteiger partial charge on any atom is -0.495 e. The van der Waals surface area contributed by atoms with Gasteiger partial charge >= 0.3 is 6.09 Å². The number of nitrogens with two attached hydrogens (primary N) is 1. The second-order valence-corrected chi connectivity index (χ2v) is 3.15. The summed E-state index contributed by atoms with van der Waals surface area (Å²) in [5.74, 6) is 0.625. The molecular weight excluding hydrogens is 208 g/mol. The van der Waals surface area contributed by atoms with Gasteiger partial charge < -0.3 is 20.5 Å². The molecule has 0 atom stereocenters. The van der Waals surface area contributed by atoms with Gasteiger partial charge in [-0.3, -0.25) is 0 Å². The monoisotopic (exact) mass is 224 g/mol. The third-order valence-electron chi connectivity index (χ3n) is 2.01. The third kappa shape index (κ3) is 3.34. The topological polar surface area (TPSA) is 73.6 Å². The van der Waals surface area contributed by atoms with Crippen molar-refractivity contribution in [3.8, 4) is 5.75 Å². The van der Waals surface area contributed by atoms with Crippen molar-refractivity contribution in [3.63, 3.8) is 0 Å². The Labute approximate surface area is 94.5 Å². The van der Waals surface area contributed by atoms with Crippen LogP contribution in [0.15, 0.2) is 18.2 Å². The molecule has 5 nitrogen and oxygen atoms in total. The van der Waals surface area contributed by atoms with Crippen LogP contribution in [-0.4, -0.2) is 19.8 Å². The lowest BCUT2D eigenvalue weighted by Gasteiger charge is -2.08. The summed E-state index contributed by atoms with van der Waals surface area (Å²) in [5, 5.41) is 2.61. The van der Waals surface area contributed by atoms with Gasteiger partial charge in [-0.05, 0) is 24.6 Å². The molecule has 0 bridgehead atoms. The smallest absolute Gasteiger partial charge is 0.407 e. The number of carbonyl (C=O) groups excluding carboxylic acids is 1. The number of nitrogen functional groups attached to an aromatic ring is 1. The summed E-state index contributed by atoms with van der Waals surface area (Å²) in [4.78, 5) is 11.0. The van der Waals surface area contributed by atoms with Gasteiger partial charge in [0.05, 0.1) is 19.4 Å². The molecule has 1 rings (SSSR count). The standard InChI is InChI=1S/C11H16N2O3/c1-3-16-11(14)13-7-8-4-5-10(15-2)9(12)6-8/h4-6H,3,7,12H2,1-2H3,(H,13,14). The summed E-state index contributed by atoms with van der Waals surface area (Å²) in [6.07, 6.45) is -0.433. The van der Waals surface area contributed by atoms with E-state index in [4.69, 9.17) is 15.2 Å². The zero-order valence-electron chi connectivity index (χ0n) is 9.45. The van der Waals surface area contributed by atoms with Gasteiger partial charge in [-0.1, -0.05) is 6.07 Å². The van der Waals surface area contributed by atoms with Gasteiger partial charge in [0.25, 0.3) is 0 Å². The Morgan fingerprint density at radius 1 is 1.50 bits per heavy atom. The zero-order valence-corrected chi connectivity index (χ0v) is 9.45. The molecule has 0 fully saturated rings. The van der Waals surface area contributed by atoms with Gasteiger partial charge in [-0.2, -0.15) is 0 Å². The minimum absolute atomic E-state index is 0.358. The van der Waals surface area contributed by atoms with Crippen molar-refractivity contribution in [1.82, 2.24) is 5.32 Å². The van der Waals surface area contributed by atoms with Crippen LogP contribution in [0, 0.1) is 0 Å².